The summed E-state index contributed by atoms with van der Waals surface area (Å²) >= 11 is 3.44. The van der Waals surface area contributed by atoms with Crippen molar-refractivity contribution >= 4 is 33.4 Å². The fourth-order valence-electron chi connectivity index (χ4n) is 2.26. The molecule has 2 rings (SSSR count). The number of hydrogen-bond donors (Lipinski definition) is 2. The number of para-hydroxylation sites is 1. The van der Waals surface area contributed by atoms with E-state index in [1.807, 2.05) is 0 Å². The van der Waals surface area contributed by atoms with E-state index in [1.165, 1.54) is 0 Å². The standard InChI is InChI=1S/C21H23BrN2O3/c1-4-11-23-21(26)16-7-5-6-8-18(16)24-20(25)15-9-10-19(17(22)12-15)27-13-14(2)3/h4-10,12,14H,1,11,13H2,2-3H3,(H,23,26)(H,24,25). The number of carbonyl (C=O) groups is 2. The molecule has 0 unspecified atom stereocenters. The summed E-state index contributed by atoms with van der Waals surface area (Å²) in [6.07, 6.45) is 1.60. The maximum atomic E-state index is 12.6. The summed E-state index contributed by atoms with van der Waals surface area (Å²) in [6.45, 7) is 8.66. The quantitative estimate of drug-likeness (QED) is 0.598. The number of benzene rings is 2. The lowest BCUT2D eigenvalue weighted by Gasteiger charge is -2.13. The first kappa shape index (κ1) is 20.7. The Morgan fingerprint density at radius 2 is 1.93 bits per heavy atom. The Hall–Kier alpha value is -2.60. The van der Waals surface area contributed by atoms with Gasteiger partial charge in [-0.25, -0.2) is 0 Å². The molecule has 0 fully saturated rings. The normalized spacial score (nSPS) is 10.4. The van der Waals surface area contributed by atoms with E-state index in [0.717, 1.165) is 0 Å². The molecule has 0 spiro atoms. The second-order valence-electron chi connectivity index (χ2n) is 6.35. The van der Waals surface area contributed by atoms with Gasteiger partial charge >= 0.3 is 0 Å². The van der Waals surface area contributed by atoms with Crippen LogP contribution in [0.1, 0.15) is 34.6 Å². The van der Waals surface area contributed by atoms with Crippen LogP contribution in [-0.2, 0) is 0 Å². The number of hydrogen-bond acceptors (Lipinski definition) is 3. The molecule has 2 aromatic carbocycles. The average molecular weight is 431 g/mol. The molecule has 6 heteroatoms. The zero-order valence-electron chi connectivity index (χ0n) is 15.4. The molecule has 0 aliphatic rings. The largest absolute Gasteiger partial charge is 0.492 e. The van der Waals surface area contributed by atoms with Gasteiger partial charge in [-0.2, -0.15) is 0 Å². The lowest BCUT2D eigenvalue weighted by molar-refractivity contribution is 0.0959. The Bertz CT molecular complexity index is 834. The molecule has 5 nitrogen and oxygen atoms in total. The van der Waals surface area contributed by atoms with Crippen molar-refractivity contribution in [1.29, 1.82) is 0 Å². The van der Waals surface area contributed by atoms with Crippen molar-refractivity contribution < 1.29 is 14.3 Å². The number of amides is 2. The minimum atomic E-state index is -0.310. The monoisotopic (exact) mass is 430 g/mol. The van der Waals surface area contributed by atoms with Crippen LogP contribution in [-0.4, -0.2) is 25.0 Å². The molecule has 2 aromatic rings. The van der Waals surface area contributed by atoms with Gasteiger partial charge in [-0.3, -0.25) is 9.59 Å². The summed E-state index contributed by atoms with van der Waals surface area (Å²) in [6, 6.07) is 12.0. The second kappa shape index (κ2) is 9.92. The molecule has 0 saturated heterocycles. The van der Waals surface area contributed by atoms with Crippen molar-refractivity contribution in [2.75, 3.05) is 18.5 Å². The number of nitrogens with one attached hydrogen (secondary N) is 2. The highest BCUT2D eigenvalue weighted by molar-refractivity contribution is 9.10. The van der Waals surface area contributed by atoms with Crippen molar-refractivity contribution in [1.82, 2.24) is 5.32 Å². The highest BCUT2D eigenvalue weighted by atomic mass is 79.9. The van der Waals surface area contributed by atoms with Crippen LogP contribution in [0.25, 0.3) is 0 Å². The van der Waals surface area contributed by atoms with Crippen LogP contribution in [0, 0.1) is 5.92 Å². The summed E-state index contributed by atoms with van der Waals surface area (Å²) in [4.78, 5) is 24.8. The first-order valence-electron chi connectivity index (χ1n) is 8.64. The first-order chi connectivity index (χ1) is 12.9. The van der Waals surface area contributed by atoms with Gasteiger partial charge in [0.25, 0.3) is 11.8 Å². The Morgan fingerprint density at radius 3 is 2.59 bits per heavy atom. The molecular weight excluding hydrogens is 408 g/mol. The maximum absolute atomic E-state index is 12.6. The lowest BCUT2D eigenvalue weighted by atomic mass is 10.1. The predicted octanol–water partition coefficient (Wildman–Crippen LogP) is 4.65. The van der Waals surface area contributed by atoms with Crippen LogP contribution >= 0.6 is 15.9 Å². The molecular formula is C21H23BrN2O3. The Morgan fingerprint density at radius 1 is 1.19 bits per heavy atom. The third-order valence-corrected chi connectivity index (χ3v) is 4.21. The van der Waals surface area contributed by atoms with Crippen LogP contribution in [0.5, 0.6) is 5.75 Å². The Kier molecular flexibility index (Phi) is 7.61. The number of carbonyl (C=O) groups excluding carboxylic acids is 2. The zero-order valence-corrected chi connectivity index (χ0v) is 17.0. The first-order valence-corrected chi connectivity index (χ1v) is 9.43. The molecule has 27 heavy (non-hydrogen) atoms. The van der Waals surface area contributed by atoms with Gasteiger partial charge in [0.15, 0.2) is 0 Å². The summed E-state index contributed by atoms with van der Waals surface area (Å²) in [5, 5.41) is 5.50. The molecule has 142 valence electrons. The molecule has 0 radical (unpaired) electrons. The zero-order chi connectivity index (χ0) is 19.8. The number of ether oxygens (including phenoxy) is 1. The number of rotatable bonds is 8. The molecule has 0 aliphatic carbocycles. The van der Waals surface area contributed by atoms with E-state index in [4.69, 9.17) is 4.74 Å². The van der Waals surface area contributed by atoms with Gasteiger partial charge in [-0.1, -0.05) is 32.1 Å². The smallest absolute Gasteiger partial charge is 0.255 e. The molecule has 2 amide bonds. The molecule has 0 saturated carbocycles. The molecule has 0 heterocycles. The van der Waals surface area contributed by atoms with Crippen molar-refractivity contribution in [3.8, 4) is 5.75 Å². The third kappa shape index (κ3) is 5.96. The van der Waals surface area contributed by atoms with Crippen LogP contribution in [0.4, 0.5) is 5.69 Å². The summed E-state index contributed by atoms with van der Waals surface area (Å²) in [5.74, 6) is 0.507. The van der Waals surface area contributed by atoms with Crippen LogP contribution in [0.15, 0.2) is 59.6 Å². The molecule has 0 aromatic heterocycles. The molecule has 0 aliphatic heterocycles. The topological polar surface area (TPSA) is 67.4 Å². The van der Waals surface area contributed by atoms with Gasteiger partial charge in [0.2, 0.25) is 0 Å². The van der Waals surface area contributed by atoms with Crippen LogP contribution in [0.3, 0.4) is 0 Å². The predicted molar refractivity (Wildman–Crippen MR) is 111 cm³/mol. The van der Waals surface area contributed by atoms with Gasteiger partial charge in [0.1, 0.15) is 5.75 Å². The highest BCUT2D eigenvalue weighted by Gasteiger charge is 2.15. The Balaban J connectivity index is 2.15. The minimum absolute atomic E-state index is 0.274. The van der Waals surface area contributed by atoms with Gasteiger partial charge in [0, 0.05) is 12.1 Å². The summed E-state index contributed by atoms with van der Waals surface area (Å²) < 4.78 is 6.40. The van der Waals surface area contributed by atoms with E-state index >= 15 is 0 Å². The van der Waals surface area contributed by atoms with Crippen LogP contribution in [0.2, 0.25) is 0 Å². The van der Waals surface area contributed by atoms with Gasteiger partial charge < -0.3 is 15.4 Å². The second-order valence-corrected chi connectivity index (χ2v) is 7.20. The number of halogens is 1. The fourth-order valence-corrected chi connectivity index (χ4v) is 2.75. The van der Waals surface area contributed by atoms with E-state index in [0.29, 0.717) is 46.1 Å². The number of anilines is 1. The summed E-state index contributed by atoms with van der Waals surface area (Å²) in [5.41, 5.74) is 1.30. The van der Waals surface area contributed by atoms with Gasteiger partial charge in [0.05, 0.1) is 22.3 Å². The van der Waals surface area contributed by atoms with E-state index < -0.39 is 0 Å². The Labute approximate surface area is 167 Å². The van der Waals surface area contributed by atoms with Crippen molar-refractivity contribution in [3.05, 3.63) is 70.7 Å². The average Bonchev–Trinajstić information content (AvgIpc) is 2.65. The van der Waals surface area contributed by atoms with Crippen molar-refractivity contribution in [2.24, 2.45) is 5.92 Å². The third-order valence-electron chi connectivity index (χ3n) is 3.59. The van der Waals surface area contributed by atoms with Crippen molar-refractivity contribution in [3.63, 3.8) is 0 Å². The lowest BCUT2D eigenvalue weighted by Crippen LogP contribution is -2.25. The summed E-state index contributed by atoms with van der Waals surface area (Å²) in [7, 11) is 0. The minimum Gasteiger partial charge on any atom is -0.492 e. The maximum Gasteiger partial charge on any atom is 0.255 e. The van der Waals surface area contributed by atoms with E-state index in [2.05, 4.69) is 47.0 Å². The van der Waals surface area contributed by atoms with E-state index in [9.17, 15) is 9.59 Å². The highest BCUT2D eigenvalue weighted by Crippen LogP contribution is 2.27. The molecule has 0 bridgehead atoms. The van der Waals surface area contributed by atoms with Gasteiger partial charge in [-0.05, 0) is 52.2 Å². The van der Waals surface area contributed by atoms with Crippen LogP contribution < -0.4 is 15.4 Å². The fraction of sp³-hybridized carbons (Fsp3) is 0.238. The molecule has 0 atom stereocenters. The van der Waals surface area contributed by atoms with E-state index in [-0.39, 0.29) is 11.8 Å². The van der Waals surface area contributed by atoms with Crippen molar-refractivity contribution in [2.45, 2.75) is 13.8 Å². The SMILES string of the molecule is C=CCNC(=O)c1ccccc1NC(=O)c1ccc(OCC(C)C)c(Br)c1. The molecule has 2 N–H and O–H groups in total. The van der Waals surface area contributed by atoms with E-state index in [1.54, 1.807) is 48.5 Å². The van der Waals surface area contributed by atoms with Gasteiger partial charge in [-0.15, -0.1) is 6.58 Å².